The average molecular weight is 192 g/mol. The summed E-state index contributed by atoms with van der Waals surface area (Å²) in [6.45, 7) is 0.531. The first kappa shape index (κ1) is 8.99. The standard InChI is InChI=1S/C10H12N2O2/c11-9-4-3-8(5-12-9)10(13)14-6-7-1-2-7/h3-5,7H,1-2,6H2,(H2,11,12). The molecule has 1 aromatic rings. The molecule has 0 atom stereocenters. The summed E-state index contributed by atoms with van der Waals surface area (Å²) < 4.78 is 5.07. The molecule has 74 valence electrons. The van der Waals surface area contributed by atoms with Gasteiger partial charge in [0.1, 0.15) is 5.82 Å². The van der Waals surface area contributed by atoms with Gasteiger partial charge in [-0.15, -0.1) is 0 Å². The molecule has 0 unspecified atom stereocenters. The van der Waals surface area contributed by atoms with Crippen molar-refractivity contribution in [3.05, 3.63) is 23.9 Å². The third kappa shape index (κ3) is 2.22. The number of hydrogen-bond donors (Lipinski definition) is 1. The molecule has 1 aliphatic rings. The zero-order valence-electron chi connectivity index (χ0n) is 7.77. The lowest BCUT2D eigenvalue weighted by Gasteiger charge is -2.02. The minimum absolute atomic E-state index is 0.315. The van der Waals surface area contributed by atoms with Crippen LogP contribution in [0.3, 0.4) is 0 Å². The number of carbonyl (C=O) groups excluding carboxylic acids is 1. The molecule has 4 heteroatoms. The molecular formula is C10H12N2O2. The Morgan fingerprint density at radius 2 is 2.36 bits per heavy atom. The van der Waals surface area contributed by atoms with Crippen LogP contribution in [-0.4, -0.2) is 17.6 Å². The van der Waals surface area contributed by atoms with Crippen molar-refractivity contribution in [1.29, 1.82) is 0 Å². The van der Waals surface area contributed by atoms with Crippen molar-refractivity contribution in [2.45, 2.75) is 12.8 Å². The van der Waals surface area contributed by atoms with Gasteiger partial charge in [-0.2, -0.15) is 0 Å². The molecule has 4 nitrogen and oxygen atoms in total. The van der Waals surface area contributed by atoms with Crippen molar-refractivity contribution in [2.24, 2.45) is 5.92 Å². The van der Waals surface area contributed by atoms with Crippen LogP contribution in [0.2, 0.25) is 0 Å². The van der Waals surface area contributed by atoms with E-state index in [0.29, 0.717) is 23.9 Å². The molecule has 1 fully saturated rings. The van der Waals surface area contributed by atoms with E-state index in [2.05, 4.69) is 4.98 Å². The topological polar surface area (TPSA) is 65.2 Å². The van der Waals surface area contributed by atoms with Crippen LogP contribution in [0.1, 0.15) is 23.2 Å². The van der Waals surface area contributed by atoms with Crippen LogP contribution in [0.15, 0.2) is 18.3 Å². The number of nitrogen functional groups attached to an aromatic ring is 1. The maximum atomic E-state index is 11.4. The molecule has 0 amide bonds. The number of aromatic nitrogens is 1. The second-order valence-corrected chi connectivity index (χ2v) is 3.51. The predicted molar refractivity (Wildman–Crippen MR) is 51.7 cm³/mol. The second-order valence-electron chi connectivity index (χ2n) is 3.51. The normalized spacial score (nSPS) is 15.1. The summed E-state index contributed by atoms with van der Waals surface area (Å²) in [5.41, 5.74) is 5.85. The fraction of sp³-hybridized carbons (Fsp3) is 0.400. The predicted octanol–water partition coefficient (Wildman–Crippen LogP) is 1.23. The van der Waals surface area contributed by atoms with Crippen LogP contribution in [-0.2, 0) is 4.74 Å². The van der Waals surface area contributed by atoms with Crippen LogP contribution in [0.4, 0.5) is 5.82 Å². The Hall–Kier alpha value is -1.58. The lowest BCUT2D eigenvalue weighted by molar-refractivity contribution is 0.0485. The van der Waals surface area contributed by atoms with E-state index in [1.54, 1.807) is 12.1 Å². The fourth-order valence-electron chi connectivity index (χ4n) is 1.09. The van der Waals surface area contributed by atoms with Crippen LogP contribution in [0.25, 0.3) is 0 Å². The van der Waals surface area contributed by atoms with Crippen molar-refractivity contribution in [3.63, 3.8) is 0 Å². The lowest BCUT2D eigenvalue weighted by atomic mass is 10.3. The Bertz CT molecular complexity index is 330. The van der Waals surface area contributed by atoms with Gasteiger partial charge in [-0.25, -0.2) is 9.78 Å². The monoisotopic (exact) mass is 192 g/mol. The summed E-state index contributed by atoms with van der Waals surface area (Å²) >= 11 is 0. The van der Waals surface area contributed by atoms with E-state index >= 15 is 0 Å². The van der Waals surface area contributed by atoms with E-state index < -0.39 is 0 Å². The van der Waals surface area contributed by atoms with E-state index in [1.807, 2.05) is 0 Å². The van der Waals surface area contributed by atoms with Gasteiger partial charge in [0.25, 0.3) is 0 Å². The van der Waals surface area contributed by atoms with Crippen molar-refractivity contribution in [2.75, 3.05) is 12.3 Å². The number of nitrogens with zero attached hydrogens (tertiary/aromatic N) is 1. The number of ether oxygens (including phenoxy) is 1. The van der Waals surface area contributed by atoms with Gasteiger partial charge in [-0.05, 0) is 30.9 Å². The summed E-state index contributed by atoms with van der Waals surface area (Å²) in [7, 11) is 0. The van der Waals surface area contributed by atoms with E-state index in [9.17, 15) is 4.79 Å². The highest BCUT2D eigenvalue weighted by molar-refractivity contribution is 5.89. The number of hydrogen-bond acceptors (Lipinski definition) is 4. The minimum Gasteiger partial charge on any atom is -0.462 e. The molecule has 14 heavy (non-hydrogen) atoms. The third-order valence-electron chi connectivity index (χ3n) is 2.17. The van der Waals surface area contributed by atoms with Gasteiger partial charge < -0.3 is 10.5 Å². The molecule has 0 radical (unpaired) electrons. The quantitative estimate of drug-likeness (QED) is 0.731. The van der Waals surface area contributed by atoms with Gasteiger partial charge in [0.2, 0.25) is 0 Å². The summed E-state index contributed by atoms with van der Waals surface area (Å²) in [5, 5.41) is 0. The maximum Gasteiger partial charge on any atom is 0.339 e. The second kappa shape index (κ2) is 3.65. The van der Waals surface area contributed by atoms with Crippen molar-refractivity contribution in [1.82, 2.24) is 4.98 Å². The number of esters is 1. The summed E-state index contributed by atoms with van der Waals surface area (Å²) in [6.07, 6.45) is 3.78. The number of rotatable bonds is 3. The highest BCUT2D eigenvalue weighted by Gasteiger charge is 2.23. The first-order valence-corrected chi connectivity index (χ1v) is 4.64. The summed E-state index contributed by atoms with van der Waals surface area (Å²) in [4.78, 5) is 15.2. The van der Waals surface area contributed by atoms with Crippen molar-refractivity contribution >= 4 is 11.8 Å². The number of pyridine rings is 1. The molecule has 2 rings (SSSR count). The molecule has 1 saturated carbocycles. The zero-order chi connectivity index (χ0) is 9.97. The average Bonchev–Trinajstić information content (AvgIpc) is 2.99. The van der Waals surface area contributed by atoms with Gasteiger partial charge in [0.05, 0.1) is 12.2 Å². The smallest absolute Gasteiger partial charge is 0.339 e. The Balaban J connectivity index is 1.92. The van der Waals surface area contributed by atoms with E-state index in [1.165, 1.54) is 19.0 Å². The highest BCUT2D eigenvalue weighted by atomic mass is 16.5. The van der Waals surface area contributed by atoms with Crippen LogP contribution in [0.5, 0.6) is 0 Å². The van der Waals surface area contributed by atoms with Gasteiger partial charge in [0, 0.05) is 6.20 Å². The summed E-state index contributed by atoms with van der Waals surface area (Å²) in [5.74, 6) is 0.675. The van der Waals surface area contributed by atoms with E-state index in [0.717, 1.165) is 0 Å². The highest BCUT2D eigenvalue weighted by Crippen LogP contribution is 2.29. The summed E-state index contributed by atoms with van der Waals surface area (Å²) in [6, 6.07) is 3.21. The fourth-order valence-corrected chi connectivity index (χ4v) is 1.09. The van der Waals surface area contributed by atoms with E-state index in [4.69, 9.17) is 10.5 Å². The third-order valence-corrected chi connectivity index (χ3v) is 2.17. The molecule has 0 saturated heterocycles. The van der Waals surface area contributed by atoms with E-state index in [-0.39, 0.29) is 5.97 Å². The first-order chi connectivity index (χ1) is 6.75. The molecule has 0 spiro atoms. The zero-order valence-corrected chi connectivity index (χ0v) is 7.77. The van der Waals surface area contributed by atoms with Gasteiger partial charge in [0.15, 0.2) is 0 Å². The molecule has 2 N–H and O–H groups in total. The Kier molecular flexibility index (Phi) is 2.35. The number of carbonyl (C=O) groups is 1. The molecule has 1 aliphatic carbocycles. The SMILES string of the molecule is Nc1ccc(C(=O)OCC2CC2)cn1. The largest absolute Gasteiger partial charge is 0.462 e. The van der Waals surface area contributed by atoms with Crippen molar-refractivity contribution < 1.29 is 9.53 Å². The lowest BCUT2D eigenvalue weighted by Crippen LogP contribution is -2.08. The van der Waals surface area contributed by atoms with Crippen LogP contribution in [0, 0.1) is 5.92 Å². The van der Waals surface area contributed by atoms with Crippen molar-refractivity contribution in [3.8, 4) is 0 Å². The Morgan fingerprint density at radius 3 is 2.93 bits per heavy atom. The molecule has 1 heterocycles. The van der Waals surface area contributed by atoms with Crippen LogP contribution >= 0.6 is 0 Å². The maximum absolute atomic E-state index is 11.4. The molecular weight excluding hydrogens is 180 g/mol. The Labute approximate surface area is 82.1 Å². The molecule has 1 aromatic heterocycles. The van der Waals surface area contributed by atoms with Gasteiger partial charge in [-0.1, -0.05) is 0 Å². The van der Waals surface area contributed by atoms with Gasteiger partial charge in [-0.3, -0.25) is 0 Å². The van der Waals surface area contributed by atoms with Crippen LogP contribution < -0.4 is 5.73 Å². The first-order valence-electron chi connectivity index (χ1n) is 4.64. The Morgan fingerprint density at radius 1 is 1.57 bits per heavy atom. The molecule has 0 bridgehead atoms. The minimum atomic E-state index is -0.315. The molecule has 0 aromatic carbocycles. The number of nitrogens with two attached hydrogens (primary N) is 1. The molecule has 0 aliphatic heterocycles. The van der Waals surface area contributed by atoms with Gasteiger partial charge >= 0.3 is 5.97 Å². The number of anilines is 1.